The zero-order valence-electron chi connectivity index (χ0n) is 8.90. The van der Waals surface area contributed by atoms with Crippen LogP contribution in [0.2, 0.25) is 0 Å². The number of nitrogens with zero attached hydrogens (tertiary/aromatic N) is 1. The highest BCUT2D eigenvalue weighted by atomic mass is 79.9. The molecule has 1 aromatic rings. The monoisotopic (exact) mass is 281 g/mol. The maximum atomic E-state index is 11.1. The molecule has 1 aliphatic heterocycles. The number of carbonyl (C=O) groups is 1. The molecule has 2 rings (SSSR count). The summed E-state index contributed by atoms with van der Waals surface area (Å²) in [6, 6.07) is 7.75. The van der Waals surface area contributed by atoms with Crippen LogP contribution < -0.4 is 0 Å². The first kappa shape index (κ1) is 11.4. The fraction of sp³-hybridized carbons (Fsp3) is 0.250. The smallest absolute Gasteiger partial charge is 0.333 e. The Morgan fingerprint density at radius 3 is 2.50 bits per heavy atom. The van der Waals surface area contributed by atoms with Crippen molar-refractivity contribution >= 4 is 27.5 Å². The molecule has 0 saturated carbocycles. The predicted octanol–water partition coefficient (Wildman–Crippen LogP) is 2.23. The molecule has 0 aromatic heterocycles. The lowest BCUT2D eigenvalue weighted by Gasteiger charge is -2.07. The van der Waals surface area contributed by atoms with E-state index < -0.39 is 5.97 Å². The highest BCUT2D eigenvalue weighted by Gasteiger charge is 2.24. The average Bonchev–Trinajstić information content (AvgIpc) is 2.61. The Balaban J connectivity index is 2.41. The van der Waals surface area contributed by atoms with Crippen molar-refractivity contribution in [3.05, 3.63) is 39.9 Å². The number of hydrogen-bond donors (Lipinski definition) is 1. The van der Waals surface area contributed by atoms with Crippen LogP contribution in [0.1, 0.15) is 5.56 Å². The van der Waals surface area contributed by atoms with Crippen molar-refractivity contribution in [3.63, 3.8) is 0 Å². The summed E-state index contributed by atoms with van der Waals surface area (Å²) < 4.78 is 1.00. The van der Waals surface area contributed by atoms with Crippen LogP contribution in [-0.4, -0.2) is 36.1 Å². The first-order valence-electron chi connectivity index (χ1n) is 4.97. The van der Waals surface area contributed by atoms with Gasteiger partial charge in [0.15, 0.2) is 0 Å². The van der Waals surface area contributed by atoms with Gasteiger partial charge in [-0.05, 0) is 30.3 Å². The van der Waals surface area contributed by atoms with E-state index in [1.165, 1.54) is 0 Å². The van der Waals surface area contributed by atoms with Crippen LogP contribution in [0, 0.1) is 0 Å². The summed E-state index contributed by atoms with van der Waals surface area (Å²) >= 11 is 3.37. The van der Waals surface area contributed by atoms with E-state index in [1.54, 1.807) is 0 Å². The molecule has 1 N–H and O–H groups in total. The van der Waals surface area contributed by atoms with E-state index in [4.69, 9.17) is 5.11 Å². The third-order valence-corrected chi connectivity index (χ3v) is 3.20. The Morgan fingerprint density at radius 1 is 1.31 bits per heavy atom. The summed E-state index contributed by atoms with van der Waals surface area (Å²) in [5.74, 6) is -0.817. The summed E-state index contributed by atoms with van der Waals surface area (Å²) in [5, 5.41) is 9.12. The second-order valence-corrected chi connectivity index (χ2v) is 4.86. The molecule has 16 heavy (non-hydrogen) atoms. The van der Waals surface area contributed by atoms with Crippen molar-refractivity contribution < 1.29 is 9.90 Å². The average molecular weight is 282 g/mol. The van der Waals surface area contributed by atoms with Crippen LogP contribution >= 0.6 is 15.9 Å². The fourth-order valence-electron chi connectivity index (χ4n) is 1.90. The standard InChI is InChI=1S/C12H12BrNO2/c1-14-6-10(11(7-14)12(15)16)8-2-4-9(13)5-3-8/h2-5H,6-7H2,1H3,(H,15,16). The molecule has 0 aliphatic carbocycles. The molecular formula is C12H12BrNO2. The molecule has 1 aliphatic rings. The maximum Gasteiger partial charge on any atom is 0.333 e. The largest absolute Gasteiger partial charge is 0.478 e. The molecule has 0 atom stereocenters. The van der Waals surface area contributed by atoms with Crippen LogP contribution in [0.3, 0.4) is 0 Å². The minimum atomic E-state index is -0.817. The maximum absolute atomic E-state index is 11.1. The van der Waals surface area contributed by atoms with Gasteiger partial charge < -0.3 is 5.11 Å². The minimum Gasteiger partial charge on any atom is -0.478 e. The summed E-state index contributed by atoms with van der Waals surface area (Å²) in [5.41, 5.74) is 2.41. The molecule has 0 unspecified atom stereocenters. The van der Waals surface area contributed by atoms with Crippen LogP contribution in [0.15, 0.2) is 34.3 Å². The number of carboxylic acids is 1. The molecule has 0 saturated heterocycles. The molecule has 3 nitrogen and oxygen atoms in total. The normalized spacial score (nSPS) is 16.9. The quantitative estimate of drug-likeness (QED) is 0.904. The van der Waals surface area contributed by atoms with E-state index in [-0.39, 0.29) is 0 Å². The molecule has 0 fully saturated rings. The summed E-state index contributed by atoms with van der Waals surface area (Å²) in [6.45, 7) is 1.21. The van der Waals surface area contributed by atoms with Gasteiger partial charge in [0.25, 0.3) is 0 Å². The molecular weight excluding hydrogens is 270 g/mol. The lowest BCUT2D eigenvalue weighted by molar-refractivity contribution is -0.132. The Labute approximate surface area is 103 Å². The number of halogens is 1. The fourth-order valence-corrected chi connectivity index (χ4v) is 2.16. The first-order valence-corrected chi connectivity index (χ1v) is 5.77. The number of benzene rings is 1. The van der Waals surface area contributed by atoms with Gasteiger partial charge >= 0.3 is 5.97 Å². The molecule has 1 aromatic carbocycles. The van der Waals surface area contributed by atoms with Crippen LogP contribution in [0.5, 0.6) is 0 Å². The Kier molecular flexibility index (Phi) is 3.12. The van der Waals surface area contributed by atoms with Crippen LogP contribution in [0.25, 0.3) is 5.57 Å². The third kappa shape index (κ3) is 2.18. The molecule has 4 heteroatoms. The second kappa shape index (κ2) is 4.39. The van der Waals surface area contributed by atoms with E-state index in [0.29, 0.717) is 18.7 Å². The minimum absolute atomic E-state index is 0.504. The van der Waals surface area contributed by atoms with Gasteiger partial charge in [-0.2, -0.15) is 0 Å². The number of rotatable bonds is 2. The van der Waals surface area contributed by atoms with Gasteiger partial charge in [-0.1, -0.05) is 28.1 Å². The number of likely N-dealkylation sites (N-methyl/N-ethyl adjacent to an activating group) is 1. The number of aliphatic carboxylic acids is 1. The highest BCUT2D eigenvalue weighted by Crippen LogP contribution is 2.27. The number of hydrogen-bond acceptors (Lipinski definition) is 2. The highest BCUT2D eigenvalue weighted by molar-refractivity contribution is 9.10. The van der Waals surface area contributed by atoms with Gasteiger partial charge in [0.2, 0.25) is 0 Å². The van der Waals surface area contributed by atoms with E-state index in [9.17, 15) is 4.79 Å². The molecule has 0 bridgehead atoms. The van der Waals surface area contributed by atoms with Crippen LogP contribution in [0.4, 0.5) is 0 Å². The summed E-state index contributed by atoms with van der Waals surface area (Å²) in [4.78, 5) is 13.1. The first-order chi connectivity index (χ1) is 7.58. The molecule has 0 radical (unpaired) electrons. The third-order valence-electron chi connectivity index (χ3n) is 2.67. The van der Waals surface area contributed by atoms with Gasteiger partial charge in [0, 0.05) is 17.6 Å². The number of carboxylic acid groups (broad SMARTS) is 1. The second-order valence-electron chi connectivity index (χ2n) is 3.94. The lowest BCUT2D eigenvalue weighted by Crippen LogP contribution is -2.16. The summed E-state index contributed by atoms with van der Waals surface area (Å²) in [6.07, 6.45) is 0. The van der Waals surface area contributed by atoms with Gasteiger partial charge in [-0.3, -0.25) is 4.90 Å². The Bertz CT molecular complexity index is 451. The zero-order valence-corrected chi connectivity index (χ0v) is 10.5. The molecule has 84 valence electrons. The van der Waals surface area contributed by atoms with Crippen molar-refractivity contribution in [2.75, 3.05) is 20.1 Å². The lowest BCUT2D eigenvalue weighted by atomic mass is 10.0. The van der Waals surface area contributed by atoms with Gasteiger partial charge in [-0.15, -0.1) is 0 Å². The van der Waals surface area contributed by atoms with E-state index in [1.807, 2.05) is 36.2 Å². The van der Waals surface area contributed by atoms with E-state index in [0.717, 1.165) is 15.6 Å². The van der Waals surface area contributed by atoms with E-state index >= 15 is 0 Å². The van der Waals surface area contributed by atoms with Gasteiger partial charge in [-0.25, -0.2) is 4.79 Å². The van der Waals surface area contributed by atoms with Crippen molar-refractivity contribution in [3.8, 4) is 0 Å². The zero-order chi connectivity index (χ0) is 11.7. The van der Waals surface area contributed by atoms with Crippen LogP contribution in [-0.2, 0) is 4.79 Å². The van der Waals surface area contributed by atoms with Crippen molar-refractivity contribution in [2.24, 2.45) is 0 Å². The molecule has 0 spiro atoms. The predicted molar refractivity (Wildman–Crippen MR) is 66.2 cm³/mol. The van der Waals surface area contributed by atoms with Gasteiger partial charge in [0.1, 0.15) is 0 Å². The molecule has 0 amide bonds. The topological polar surface area (TPSA) is 40.5 Å². The van der Waals surface area contributed by atoms with Crippen molar-refractivity contribution in [2.45, 2.75) is 0 Å². The van der Waals surface area contributed by atoms with E-state index in [2.05, 4.69) is 15.9 Å². The van der Waals surface area contributed by atoms with Crippen molar-refractivity contribution in [1.82, 2.24) is 4.90 Å². The van der Waals surface area contributed by atoms with Gasteiger partial charge in [0.05, 0.1) is 5.57 Å². The Hall–Kier alpha value is -1.13. The Morgan fingerprint density at radius 2 is 1.94 bits per heavy atom. The van der Waals surface area contributed by atoms with Crippen molar-refractivity contribution in [1.29, 1.82) is 0 Å². The molecule has 1 heterocycles. The SMILES string of the molecule is CN1CC(C(=O)O)=C(c2ccc(Br)cc2)C1. The summed E-state index contributed by atoms with van der Waals surface area (Å²) in [7, 11) is 1.93.